The Balaban J connectivity index is 2.84. The molecule has 2 N–H and O–H groups in total. The van der Waals surface area contributed by atoms with Crippen LogP contribution in [0.5, 0.6) is 0 Å². The molecule has 0 radical (unpaired) electrons. The zero-order chi connectivity index (χ0) is 14.1. The lowest BCUT2D eigenvalue weighted by Gasteiger charge is -2.33. The maximum absolute atomic E-state index is 12.3. The highest BCUT2D eigenvalue weighted by atomic mass is 19.4. The van der Waals surface area contributed by atoms with Crippen LogP contribution in [0.25, 0.3) is 0 Å². The number of nitrogens with two attached hydrogens (primary N) is 1. The van der Waals surface area contributed by atoms with Gasteiger partial charge in [-0.15, -0.1) is 0 Å². The van der Waals surface area contributed by atoms with E-state index in [0.29, 0.717) is 4.90 Å². The molecule has 0 aromatic rings. The van der Waals surface area contributed by atoms with Crippen LogP contribution in [-0.2, 0) is 4.79 Å². The van der Waals surface area contributed by atoms with Gasteiger partial charge in [-0.3, -0.25) is 4.79 Å². The van der Waals surface area contributed by atoms with Crippen LogP contribution in [0.2, 0.25) is 0 Å². The highest BCUT2D eigenvalue weighted by molar-refractivity contribution is 5.80. The molecule has 1 saturated heterocycles. The fourth-order valence-corrected chi connectivity index (χ4v) is 1.77. The molecular formula is C9H12F6N2O. The number of rotatable bonds is 1. The molecule has 0 aromatic carbocycles. The van der Waals surface area contributed by atoms with E-state index in [9.17, 15) is 31.1 Å². The Morgan fingerprint density at radius 1 is 1.06 bits per heavy atom. The topological polar surface area (TPSA) is 46.3 Å². The molecule has 9 heteroatoms. The number of amides is 1. The minimum Gasteiger partial charge on any atom is -0.342 e. The van der Waals surface area contributed by atoms with Gasteiger partial charge in [0.25, 0.3) is 0 Å². The van der Waals surface area contributed by atoms with Crippen LogP contribution in [0.4, 0.5) is 26.3 Å². The minimum absolute atomic E-state index is 0.178. The predicted molar refractivity (Wildman–Crippen MR) is 49.4 cm³/mol. The van der Waals surface area contributed by atoms with Crippen LogP contribution >= 0.6 is 0 Å². The number of hydrogen-bond acceptors (Lipinski definition) is 2. The summed E-state index contributed by atoms with van der Waals surface area (Å²) in [4.78, 5) is 11.9. The molecule has 0 atom stereocenters. The van der Waals surface area contributed by atoms with Crippen molar-refractivity contribution in [2.24, 2.45) is 11.7 Å². The van der Waals surface area contributed by atoms with Crippen molar-refractivity contribution in [3.05, 3.63) is 0 Å². The average molecular weight is 278 g/mol. The van der Waals surface area contributed by atoms with E-state index in [2.05, 4.69) is 0 Å². The fraction of sp³-hybridized carbons (Fsp3) is 0.889. The number of carbonyl (C=O) groups excluding carboxylic acids is 1. The van der Waals surface area contributed by atoms with Gasteiger partial charge in [-0.2, -0.15) is 26.3 Å². The Morgan fingerprint density at radius 3 is 1.78 bits per heavy atom. The molecule has 3 nitrogen and oxygen atoms in total. The molecule has 0 bridgehead atoms. The summed E-state index contributed by atoms with van der Waals surface area (Å²) in [7, 11) is 0. The molecule has 0 saturated carbocycles. The van der Waals surface area contributed by atoms with E-state index in [1.807, 2.05) is 0 Å². The van der Waals surface area contributed by atoms with Crippen LogP contribution in [0.3, 0.4) is 0 Å². The van der Waals surface area contributed by atoms with Crippen molar-refractivity contribution in [1.29, 1.82) is 0 Å². The first-order valence-electron chi connectivity index (χ1n) is 5.21. The number of carbonyl (C=O) groups is 1. The smallest absolute Gasteiger partial charge is 0.342 e. The molecule has 0 spiro atoms. The first-order chi connectivity index (χ1) is 8.03. The second-order valence-electron chi connectivity index (χ2n) is 4.18. The first kappa shape index (κ1) is 15.1. The summed E-state index contributed by atoms with van der Waals surface area (Å²) in [5.41, 5.74) is 5.46. The van der Waals surface area contributed by atoms with E-state index in [0.717, 1.165) is 0 Å². The van der Waals surface area contributed by atoms with Crippen molar-refractivity contribution < 1.29 is 31.1 Å². The first-order valence-corrected chi connectivity index (χ1v) is 5.21. The quantitative estimate of drug-likeness (QED) is 0.742. The maximum Gasteiger partial charge on any atom is 0.409 e. The zero-order valence-corrected chi connectivity index (χ0v) is 9.18. The minimum atomic E-state index is -5.63. The Hall–Kier alpha value is -0.990. The molecule has 1 aliphatic heterocycles. The van der Waals surface area contributed by atoms with Gasteiger partial charge in [0.15, 0.2) is 0 Å². The summed E-state index contributed by atoms with van der Waals surface area (Å²) < 4.78 is 73.8. The zero-order valence-electron chi connectivity index (χ0n) is 9.18. The van der Waals surface area contributed by atoms with Crippen molar-refractivity contribution in [3.63, 3.8) is 0 Å². The highest BCUT2D eigenvalue weighted by Crippen LogP contribution is 2.40. The molecule has 106 valence electrons. The Bertz CT molecular complexity index is 291. The molecule has 18 heavy (non-hydrogen) atoms. The van der Waals surface area contributed by atoms with Gasteiger partial charge in [-0.25, -0.2) is 0 Å². The van der Waals surface area contributed by atoms with Crippen molar-refractivity contribution in [2.45, 2.75) is 31.2 Å². The number of likely N-dealkylation sites (tertiary alicyclic amines) is 1. The molecule has 1 aliphatic rings. The third-order valence-electron chi connectivity index (χ3n) is 2.75. The lowest BCUT2D eigenvalue weighted by Crippen LogP contribution is -2.52. The van der Waals surface area contributed by atoms with E-state index in [1.54, 1.807) is 0 Å². The van der Waals surface area contributed by atoms with Crippen molar-refractivity contribution in [3.8, 4) is 0 Å². The highest BCUT2D eigenvalue weighted by Gasteiger charge is 2.62. The molecule has 0 unspecified atom stereocenters. The second-order valence-corrected chi connectivity index (χ2v) is 4.18. The Morgan fingerprint density at radius 2 is 1.44 bits per heavy atom. The van der Waals surface area contributed by atoms with E-state index >= 15 is 0 Å². The number of piperidine rings is 1. The summed E-state index contributed by atoms with van der Waals surface area (Å²) in [6.45, 7) is -0.356. The van der Waals surface area contributed by atoms with E-state index in [4.69, 9.17) is 5.73 Å². The van der Waals surface area contributed by atoms with Crippen LogP contribution in [0.15, 0.2) is 0 Å². The third kappa shape index (κ3) is 3.50. The molecule has 1 heterocycles. The second kappa shape index (κ2) is 4.94. The van der Waals surface area contributed by atoms with Crippen molar-refractivity contribution in [2.75, 3.05) is 13.1 Å². The van der Waals surface area contributed by atoms with Gasteiger partial charge in [-0.05, 0) is 12.8 Å². The molecule has 1 fully saturated rings. The summed E-state index contributed by atoms with van der Waals surface area (Å²) in [5, 5.41) is 0. The number of hydrogen-bond donors (Lipinski definition) is 1. The fourth-order valence-electron chi connectivity index (χ4n) is 1.77. The van der Waals surface area contributed by atoms with Gasteiger partial charge in [0.1, 0.15) is 0 Å². The van der Waals surface area contributed by atoms with Gasteiger partial charge in [0.05, 0.1) is 0 Å². The lowest BCUT2D eigenvalue weighted by atomic mass is 10.0. The Kier molecular flexibility index (Phi) is 4.14. The summed E-state index contributed by atoms with van der Waals surface area (Å²) in [6.07, 6.45) is -10.9. The molecular weight excluding hydrogens is 266 g/mol. The van der Waals surface area contributed by atoms with Crippen LogP contribution in [0.1, 0.15) is 12.8 Å². The average Bonchev–Trinajstić information content (AvgIpc) is 2.13. The molecule has 0 aromatic heterocycles. The third-order valence-corrected chi connectivity index (χ3v) is 2.75. The standard InChI is InChI=1S/C9H12F6N2O/c10-8(11,12)6(9(13,14)15)7(18)17-3-1-5(16)2-4-17/h5-6H,1-4,16H2. The molecule has 1 amide bonds. The molecule has 1 rings (SSSR count). The summed E-state index contributed by atoms with van der Waals surface area (Å²) in [5.74, 6) is -5.89. The Labute approximate surface area is 98.9 Å². The van der Waals surface area contributed by atoms with Crippen LogP contribution in [0, 0.1) is 5.92 Å². The number of nitrogens with zero attached hydrogens (tertiary/aromatic N) is 1. The molecule has 0 aliphatic carbocycles. The maximum atomic E-state index is 12.3. The van der Waals surface area contributed by atoms with E-state index in [1.165, 1.54) is 0 Å². The van der Waals surface area contributed by atoms with E-state index < -0.39 is 24.2 Å². The van der Waals surface area contributed by atoms with E-state index in [-0.39, 0.29) is 32.0 Å². The SMILES string of the molecule is NC1CCN(C(=O)C(C(F)(F)F)C(F)(F)F)CC1. The van der Waals surface area contributed by atoms with Crippen molar-refractivity contribution >= 4 is 5.91 Å². The lowest BCUT2D eigenvalue weighted by molar-refractivity contribution is -0.277. The van der Waals surface area contributed by atoms with Gasteiger partial charge in [0.2, 0.25) is 11.8 Å². The van der Waals surface area contributed by atoms with Gasteiger partial charge >= 0.3 is 12.4 Å². The van der Waals surface area contributed by atoms with Gasteiger partial charge in [-0.1, -0.05) is 0 Å². The number of alkyl halides is 6. The van der Waals surface area contributed by atoms with Crippen molar-refractivity contribution in [1.82, 2.24) is 4.90 Å². The van der Waals surface area contributed by atoms with Crippen LogP contribution < -0.4 is 5.73 Å². The summed E-state index contributed by atoms with van der Waals surface area (Å²) >= 11 is 0. The van der Waals surface area contributed by atoms with Gasteiger partial charge in [0, 0.05) is 19.1 Å². The number of halogens is 6. The summed E-state index contributed by atoms with van der Waals surface area (Å²) in [6, 6.07) is -0.288. The predicted octanol–water partition coefficient (Wildman–Crippen LogP) is 1.68. The van der Waals surface area contributed by atoms with Gasteiger partial charge < -0.3 is 10.6 Å². The monoisotopic (exact) mass is 278 g/mol. The van der Waals surface area contributed by atoms with Crippen LogP contribution in [-0.4, -0.2) is 42.3 Å². The largest absolute Gasteiger partial charge is 0.409 e. The normalized spacial score (nSPS) is 19.4.